The number of carbonyl (C=O) groups excluding carboxylic acids is 2. The van der Waals surface area contributed by atoms with Crippen molar-refractivity contribution in [3.05, 3.63) is 64.7 Å². The number of benzene rings is 1. The van der Waals surface area contributed by atoms with Gasteiger partial charge < -0.3 is 15.2 Å². The Morgan fingerprint density at radius 1 is 1.18 bits per heavy atom. The number of aryl methyl sites for hydroxylation is 1. The maximum absolute atomic E-state index is 12.9. The molecule has 2 aliphatic rings. The molecule has 0 radical (unpaired) electrons. The lowest BCUT2D eigenvalue weighted by atomic mass is 9.92. The lowest BCUT2D eigenvalue weighted by Crippen LogP contribution is -2.28. The van der Waals surface area contributed by atoms with Crippen molar-refractivity contribution in [1.82, 2.24) is 15.5 Å². The van der Waals surface area contributed by atoms with Gasteiger partial charge >= 0.3 is 0 Å². The van der Waals surface area contributed by atoms with Gasteiger partial charge in [-0.25, -0.2) is 4.98 Å². The Morgan fingerprint density at radius 2 is 2.03 bits per heavy atom. The topological polar surface area (TPSA) is 97.1 Å². The molecule has 0 saturated heterocycles. The first-order valence-corrected chi connectivity index (χ1v) is 11.5. The third kappa shape index (κ3) is 4.15. The van der Waals surface area contributed by atoms with Crippen molar-refractivity contribution in [2.24, 2.45) is 0 Å². The highest BCUT2D eigenvalue weighted by Gasteiger charge is 2.27. The van der Waals surface area contributed by atoms with Crippen LogP contribution in [0.3, 0.4) is 0 Å². The van der Waals surface area contributed by atoms with Crippen LogP contribution in [0.5, 0.6) is 0 Å². The van der Waals surface area contributed by atoms with Gasteiger partial charge in [-0.1, -0.05) is 50.5 Å². The molecule has 5 rings (SSSR count). The van der Waals surface area contributed by atoms with Gasteiger partial charge in [-0.05, 0) is 47.6 Å². The van der Waals surface area contributed by atoms with E-state index in [1.807, 2.05) is 26.8 Å². The number of pyridine rings is 1. The van der Waals surface area contributed by atoms with Gasteiger partial charge in [-0.3, -0.25) is 9.59 Å². The largest absolute Gasteiger partial charge is 0.351 e. The van der Waals surface area contributed by atoms with Gasteiger partial charge in [0.2, 0.25) is 11.7 Å². The highest BCUT2D eigenvalue weighted by Crippen LogP contribution is 2.36. The lowest BCUT2D eigenvalue weighted by molar-refractivity contribution is -0.115. The molecule has 7 nitrogen and oxygen atoms in total. The number of fused-ring (bicyclic) bond motifs is 2. The van der Waals surface area contributed by atoms with Crippen molar-refractivity contribution in [3.63, 3.8) is 0 Å². The van der Waals surface area contributed by atoms with Crippen LogP contribution >= 0.6 is 0 Å². The molecule has 3 heterocycles. The summed E-state index contributed by atoms with van der Waals surface area (Å²) in [5.74, 6) is 0.632. The average Bonchev–Trinajstić information content (AvgIpc) is 3.37. The minimum atomic E-state index is -0.239. The van der Waals surface area contributed by atoms with E-state index in [2.05, 4.69) is 39.0 Å². The van der Waals surface area contributed by atoms with Crippen LogP contribution in [0.4, 0.5) is 5.82 Å². The second-order valence-electron chi connectivity index (χ2n) is 9.92. The summed E-state index contributed by atoms with van der Waals surface area (Å²) in [6.45, 7) is 6.11. The fraction of sp³-hybridized carbons (Fsp3) is 0.385. The van der Waals surface area contributed by atoms with Crippen LogP contribution in [0, 0.1) is 0 Å². The molecule has 0 bridgehead atoms. The van der Waals surface area contributed by atoms with Crippen molar-refractivity contribution in [2.75, 3.05) is 5.32 Å². The Kier molecular flexibility index (Phi) is 5.27. The maximum atomic E-state index is 12.9. The second-order valence-corrected chi connectivity index (χ2v) is 9.92. The van der Waals surface area contributed by atoms with Gasteiger partial charge in [0.15, 0.2) is 0 Å². The van der Waals surface area contributed by atoms with Crippen molar-refractivity contribution in [1.29, 1.82) is 0 Å². The molecule has 170 valence electrons. The molecule has 2 aromatic heterocycles. The zero-order chi connectivity index (χ0) is 23.2. The molecule has 1 atom stereocenters. The SMILES string of the molecule is CC(C)(C)c1cc(C(=O)NC2CCCCc3cc(-c4ccnc5c4CC(=O)N5)ccc32)on1. The first-order valence-electron chi connectivity index (χ1n) is 11.5. The highest BCUT2D eigenvalue weighted by molar-refractivity contribution is 6.00. The number of nitrogens with zero attached hydrogens (tertiary/aromatic N) is 2. The number of hydrogen-bond acceptors (Lipinski definition) is 5. The number of aromatic nitrogens is 2. The number of rotatable bonds is 3. The smallest absolute Gasteiger partial charge is 0.290 e. The van der Waals surface area contributed by atoms with Crippen LogP contribution in [0.15, 0.2) is 41.1 Å². The van der Waals surface area contributed by atoms with E-state index >= 15 is 0 Å². The molecule has 0 spiro atoms. The van der Waals surface area contributed by atoms with E-state index in [-0.39, 0.29) is 29.0 Å². The molecule has 0 saturated carbocycles. The van der Waals surface area contributed by atoms with Crippen LogP contribution in [0.25, 0.3) is 11.1 Å². The number of amides is 2. The van der Waals surface area contributed by atoms with E-state index in [4.69, 9.17) is 4.52 Å². The number of anilines is 1. The summed E-state index contributed by atoms with van der Waals surface area (Å²) in [7, 11) is 0. The Hall–Kier alpha value is -3.48. The first-order chi connectivity index (χ1) is 15.8. The number of hydrogen-bond donors (Lipinski definition) is 2. The molecule has 1 aliphatic carbocycles. The Bertz CT molecular complexity index is 1240. The van der Waals surface area contributed by atoms with Gasteiger partial charge in [-0.2, -0.15) is 0 Å². The van der Waals surface area contributed by atoms with Crippen LogP contribution in [-0.4, -0.2) is 22.0 Å². The third-order valence-electron chi connectivity index (χ3n) is 6.48. The third-order valence-corrected chi connectivity index (χ3v) is 6.48. The number of nitrogens with one attached hydrogen (secondary N) is 2. The zero-order valence-corrected chi connectivity index (χ0v) is 19.2. The molecule has 1 aromatic carbocycles. The summed E-state index contributed by atoms with van der Waals surface area (Å²) in [6, 6.07) is 10.00. The van der Waals surface area contributed by atoms with Crippen molar-refractivity contribution in [2.45, 2.75) is 64.3 Å². The molecule has 1 aliphatic heterocycles. The fourth-order valence-electron chi connectivity index (χ4n) is 4.65. The number of carbonyl (C=O) groups is 2. The lowest BCUT2D eigenvalue weighted by Gasteiger charge is -2.20. The summed E-state index contributed by atoms with van der Waals surface area (Å²) in [6.07, 6.45) is 6.01. The zero-order valence-electron chi connectivity index (χ0n) is 19.2. The summed E-state index contributed by atoms with van der Waals surface area (Å²) >= 11 is 0. The summed E-state index contributed by atoms with van der Waals surface area (Å²) in [5, 5.41) is 10.1. The van der Waals surface area contributed by atoms with Gasteiger partial charge in [0, 0.05) is 23.2 Å². The van der Waals surface area contributed by atoms with E-state index in [9.17, 15) is 9.59 Å². The predicted octanol–water partition coefficient (Wildman–Crippen LogP) is 4.73. The molecule has 0 fully saturated rings. The Balaban J connectivity index is 1.42. The monoisotopic (exact) mass is 444 g/mol. The molecule has 7 heteroatoms. The van der Waals surface area contributed by atoms with Gasteiger partial charge in [0.1, 0.15) is 5.82 Å². The molecule has 1 unspecified atom stereocenters. The first kappa shape index (κ1) is 21.4. The van der Waals surface area contributed by atoms with Gasteiger partial charge in [0.25, 0.3) is 5.91 Å². The van der Waals surface area contributed by atoms with Gasteiger partial charge in [-0.15, -0.1) is 0 Å². The average molecular weight is 445 g/mol. The molecule has 2 N–H and O–H groups in total. The summed E-state index contributed by atoms with van der Waals surface area (Å²) < 4.78 is 5.34. The van der Waals surface area contributed by atoms with E-state index in [0.717, 1.165) is 53.6 Å². The molecule has 33 heavy (non-hydrogen) atoms. The quantitative estimate of drug-likeness (QED) is 0.570. The summed E-state index contributed by atoms with van der Waals surface area (Å²) in [5.41, 5.74) is 5.99. The Labute approximate surface area is 193 Å². The molecule has 3 aromatic rings. The fourth-order valence-corrected chi connectivity index (χ4v) is 4.65. The molecular weight excluding hydrogens is 416 g/mol. The van der Waals surface area contributed by atoms with Crippen molar-refractivity contribution < 1.29 is 14.1 Å². The van der Waals surface area contributed by atoms with Crippen LogP contribution in [0.1, 0.15) is 79.0 Å². The summed E-state index contributed by atoms with van der Waals surface area (Å²) in [4.78, 5) is 29.1. The molecule has 2 amide bonds. The van der Waals surface area contributed by atoms with E-state index < -0.39 is 0 Å². The van der Waals surface area contributed by atoms with Crippen LogP contribution < -0.4 is 10.6 Å². The minimum Gasteiger partial charge on any atom is -0.351 e. The molecular formula is C26H28N4O3. The van der Waals surface area contributed by atoms with E-state index in [1.54, 1.807) is 12.3 Å². The predicted molar refractivity (Wildman–Crippen MR) is 125 cm³/mol. The normalized spacial score (nSPS) is 17.7. The maximum Gasteiger partial charge on any atom is 0.290 e. The van der Waals surface area contributed by atoms with E-state index in [0.29, 0.717) is 12.2 Å². The highest BCUT2D eigenvalue weighted by atomic mass is 16.5. The minimum absolute atomic E-state index is 0.0236. The van der Waals surface area contributed by atoms with Crippen LogP contribution in [0.2, 0.25) is 0 Å². The second kappa shape index (κ2) is 8.14. The van der Waals surface area contributed by atoms with Gasteiger partial charge in [0.05, 0.1) is 18.2 Å². The van der Waals surface area contributed by atoms with Crippen molar-refractivity contribution >= 4 is 17.6 Å². The Morgan fingerprint density at radius 3 is 2.82 bits per heavy atom. The van der Waals surface area contributed by atoms with Crippen molar-refractivity contribution in [3.8, 4) is 11.1 Å². The van der Waals surface area contributed by atoms with E-state index in [1.165, 1.54) is 5.56 Å². The van der Waals surface area contributed by atoms with Crippen LogP contribution in [-0.2, 0) is 23.1 Å². The standard InChI is InChI=1S/C26H28N4O3/c1-26(2,3)22-14-21(33-30-22)25(32)28-20-7-5-4-6-15-12-16(8-9-18(15)20)17-10-11-27-24-19(17)13-23(31)29-24/h8-12,14,20H,4-7,13H2,1-3H3,(H,28,32)(H,27,29,31).